The molecule has 3 heteroatoms. The maximum absolute atomic E-state index is 3.44. The van der Waals surface area contributed by atoms with E-state index in [1.807, 2.05) is 14.1 Å². The summed E-state index contributed by atoms with van der Waals surface area (Å²) in [5, 5.41) is 6.48. The molecule has 0 saturated carbocycles. The average Bonchev–Trinajstić information content (AvgIpc) is 2.21. The number of rotatable bonds is 5. The third-order valence-corrected chi connectivity index (χ3v) is 2.83. The lowest BCUT2D eigenvalue weighted by atomic mass is 10.0. The van der Waals surface area contributed by atoms with Gasteiger partial charge in [0.05, 0.1) is 0 Å². The van der Waals surface area contributed by atoms with Crippen LogP contribution in [0.2, 0.25) is 0 Å². The Bertz CT molecular complexity index is 258. The molecule has 0 amide bonds. The summed E-state index contributed by atoms with van der Waals surface area (Å²) in [6.07, 6.45) is 1.11. The van der Waals surface area contributed by atoms with E-state index in [2.05, 4.69) is 50.8 Å². The van der Waals surface area contributed by atoms with Gasteiger partial charge in [-0.3, -0.25) is 0 Å². The second-order valence-corrected chi connectivity index (χ2v) is 4.20. The minimum absolute atomic E-state index is 0.440. The number of hydrogen-bond donors (Lipinski definition) is 2. The molecule has 1 aromatic carbocycles. The van der Waals surface area contributed by atoms with Gasteiger partial charge >= 0.3 is 0 Å². The zero-order valence-electron chi connectivity index (χ0n) is 8.68. The van der Waals surface area contributed by atoms with Gasteiger partial charge in [-0.1, -0.05) is 28.1 Å². The Hall–Kier alpha value is -0.380. The second kappa shape index (κ2) is 6.17. The summed E-state index contributed by atoms with van der Waals surface area (Å²) in [5.41, 5.74) is 1.34. The number of nitrogens with one attached hydrogen (secondary N) is 2. The van der Waals surface area contributed by atoms with Crippen LogP contribution in [0, 0.1) is 0 Å². The zero-order valence-corrected chi connectivity index (χ0v) is 10.3. The molecule has 0 aliphatic carbocycles. The molecule has 0 radical (unpaired) electrons. The molecule has 0 spiro atoms. The van der Waals surface area contributed by atoms with Crippen molar-refractivity contribution in [3.8, 4) is 0 Å². The highest BCUT2D eigenvalue weighted by Gasteiger charge is 2.07. The minimum atomic E-state index is 0.440. The summed E-state index contributed by atoms with van der Waals surface area (Å²) in [4.78, 5) is 0. The fourth-order valence-corrected chi connectivity index (χ4v) is 1.73. The molecule has 0 aliphatic heterocycles. The largest absolute Gasteiger partial charge is 0.320 e. The van der Waals surface area contributed by atoms with Crippen molar-refractivity contribution in [3.63, 3.8) is 0 Å². The highest BCUT2D eigenvalue weighted by molar-refractivity contribution is 9.10. The maximum atomic E-state index is 3.44. The first-order valence-corrected chi connectivity index (χ1v) is 5.64. The van der Waals surface area contributed by atoms with E-state index in [0.29, 0.717) is 6.04 Å². The molecule has 0 aromatic heterocycles. The Kier molecular flexibility index (Phi) is 5.15. The van der Waals surface area contributed by atoms with Crippen LogP contribution in [0.3, 0.4) is 0 Å². The van der Waals surface area contributed by atoms with E-state index in [-0.39, 0.29) is 0 Å². The number of halogens is 1. The quantitative estimate of drug-likeness (QED) is 0.845. The summed E-state index contributed by atoms with van der Waals surface area (Å²) >= 11 is 3.44. The van der Waals surface area contributed by atoms with Gasteiger partial charge in [0, 0.05) is 10.5 Å². The van der Waals surface area contributed by atoms with Crippen LogP contribution in [-0.2, 0) is 0 Å². The van der Waals surface area contributed by atoms with E-state index >= 15 is 0 Å². The Morgan fingerprint density at radius 1 is 1.21 bits per heavy atom. The summed E-state index contributed by atoms with van der Waals surface area (Å²) in [6.45, 7) is 1.03. The van der Waals surface area contributed by atoms with Crippen LogP contribution in [-0.4, -0.2) is 20.6 Å². The van der Waals surface area contributed by atoms with Gasteiger partial charge < -0.3 is 10.6 Å². The highest BCUT2D eigenvalue weighted by Crippen LogP contribution is 2.18. The molecule has 1 unspecified atom stereocenters. The van der Waals surface area contributed by atoms with E-state index < -0.39 is 0 Å². The lowest BCUT2D eigenvalue weighted by Gasteiger charge is -2.16. The SMILES string of the molecule is CNCCC(NC)c1ccc(Br)cc1. The van der Waals surface area contributed by atoms with Crippen molar-refractivity contribution in [2.24, 2.45) is 0 Å². The number of hydrogen-bond acceptors (Lipinski definition) is 2. The summed E-state index contributed by atoms with van der Waals surface area (Å²) in [6, 6.07) is 8.91. The molecule has 1 atom stereocenters. The van der Waals surface area contributed by atoms with Gasteiger partial charge in [-0.15, -0.1) is 0 Å². The van der Waals surface area contributed by atoms with Crippen molar-refractivity contribution in [1.29, 1.82) is 0 Å². The van der Waals surface area contributed by atoms with Crippen LogP contribution in [0.4, 0.5) is 0 Å². The van der Waals surface area contributed by atoms with E-state index in [1.54, 1.807) is 0 Å². The van der Waals surface area contributed by atoms with Crippen LogP contribution < -0.4 is 10.6 Å². The topological polar surface area (TPSA) is 24.1 Å². The standard InChI is InChI=1S/C11H17BrN2/c1-13-8-7-11(14-2)9-3-5-10(12)6-4-9/h3-6,11,13-14H,7-8H2,1-2H3. The van der Waals surface area contributed by atoms with Gasteiger partial charge in [-0.05, 0) is 44.8 Å². The lowest BCUT2D eigenvalue weighted by molar-refractivity contribution is 0.533. The first-order valence-electron chi connectivity index (χ1n) is 4.85. The van der Waals surface area contributed by atoms with Gasteiger partial charge in [0.25, 0.3) is 0 Å². The second-order valence-electron chi connectivity index (χ2n) is 3.29. The fraction of sp³-hybridized carbons (Fsp3) is 0.455. The molecule has 0 fully saturated rings. The van der Waals surface area contributed by atoms with Crippen LogP contribution in [0.25, 0.3) is 0 Å². The molecule has 0 heterocycles. The molecule has 0 bridgehead atoms. The summed E-state index contributed by atoms with van der Waals surface area (Å²) < 4.78 is 1.13. The number of benzene rings is 1. The first-order chi connectivity index (χ1) is 6.77. The van der Waals surface area contributed by atoms with E-state index in [0.717, 1.165) is 17.4 Å². The highest BCUT2D eigenvalue weighted by atomic mass is 79.9. The Morgan fingerprint density at radius 2 is 1.86 bits per heavy atom. The van der Waals surface area contributed by atoms with Crippen molar-refractivity contribution in [1.82, 2.24) is 10.6 Å². The maximum Gasteiger partial charge on any atom is 0.0329 e. The Morgan fingerprint density at radius 3 is 2.36 bits per heavy atom. The molecular weight excluding hydrogens is 240 g/mol. The predicted octanol–water partition coefficient (Wildman–Crippen LogP) is 2.32. The molecule has 1 aromatic rings. The Balaban J connectivity index is 2.64. The first kappa shape index (κ1) is 11.7. The van der Waals surface area contributed by atoms with Gasteiger partial charge in [-0.25, -0.2) is 0 Å². The van der Waals surface area contributed by atoms with E-state index in [4.69, 9.17) is 0 Å². The summed E-state index contributed by atoms with van der Waals surface area (Å²) in [5.74, 6) is 0. The molecule has 1 rings (SSSR count). The summed E-state index contributed by atoms with van der Waals surface area (Å²) in [7, 11) is 3.98. The van der Waals surface area contributed by atoms with Crippen molar-refractivity contribution < 1.29 is 0 Å². The molecule has 14 heavy (non-hydrogen) atoms. The van der Waals surface area contributed by atoms with Gasteiger partial charge in [-0.2, -0.15) is 0 Å². The molecule has 0 aliphatic rings. The fourth-order valence-electron chi connectivity index (χ4n) is 1.46. The predicted molar refractivity (Wildman–Crippen MR) is 64.5 cm³/mol. The van der Waals surface area contributed by atoms with Crippen molar-refractivity contribution in [2.75, 3.05) is 20.6 Å². The molecule has 2 nitrogen and oxygen atoms in total. The van der Waals surface area contributed by atoms with Crippen LogP contribution in [0.1, 0.15) is 18.0 Å². The van der Waals surface area contributed by atoms with Crippen molar-refractivity contribution in [2.45, 2.75) is 12.5 Å². The van der Waals surface area contributed by atoms with Crippen LogP contribution in [0.5, 0.6) is 0 Å². The molecule has 0 saturated heterocycles. The van der Waals surface area contributed by atoms with Crippen molar-refractivity contribution in [3.05, 3.63) is 34.3 Å². The molecular formula is C11H17BrN2. The smallest absolute Gasteiger partial charge is 0.0329 e. The monoisotopic (exact) mass is 256 g/mol. The lowest BCUT2D eigenvalue weighted by Crippen LogP contribution is -2.21. The Labute approximate surface area is 94.2 Å². The van der Waals surface area contributed by atoms with Gasteiger partial charge in [0.1, 0.15) is 0 Å². The minimum Gasteiger partial charge on any atom is -0.320 e. The van der Waals surface area contributed by atoms with Crippen LogP contribution >= 0.6 is 15.9 Å². The van der Waals surface area contributed by atoms with Crippen LogP contribution in [0.15, 0.2) is 28.7 Å². The molecule has 2 N–H and O–H groups in total. The molecule has 78 valence electrons. The van der Waals surface area contributed by atoms with Gasteiger partial charge in [0.2, 0.25) is 0 Å². The van der Waals surface area contributed by atoms with E-state index in [1.165, 1.54) is 5.56 Å². The third kappa shape index (κ3) is 3.40. The van der Waals surface area contributed by atoms with E-state index in [9.17, 15) is 0 Å². The van der Waals surface area contributed by atoms with Gasteiger partial charge in [0.15, 0.2) is 0 Å². The van der Waals surface area contributed by atoms with Crippen molar-refractivity contribution >= 4 is 15.9 Å². The zero-order chi connectivity index (χ0) is 10.4. The third-order valence-electron chi connectivity index (χ3n) is 2.30. The normalized spacial score (nSPS) is 12.8. The average molecular weight is 257 g/mol.